The highest BCUT2D eigenvalue weighted by Crippen LogP contribution is 2.22. The Balaban J connectivity index is 1.95. The number of rotatable bonds is 4. The second-order valence-electron chi connectivity index (χ2n) is 4.97. The molecule has 0 atom stereocenters. The second kappa shape index (κ2) is 5.94. The van der Waals surface area contributed by atoms with E-state index in [4.69, 9.17) is 5.73 Å². The Labute approximate surface area is 112 Å². The molecule has 0 unspecified atom stereocenters. The molecule has 2 rings (SSSR count). The highest BCUT2D eigenvalue weighted by molar-refractivity contribution is 7.89. The number of aromatic nitrogens is 1. The van der Waals surface area contributed by atoms with E-state index in [1.165, 1.54) is 0 Å². The summed E-state index contributed by atoms with van der Waals surface area (Å²) in [6, 6.07) is 1.20. The van der Waals surface area contributed by atoms with Gasteiger partial charge in [-0.1, -0.05) is 0 Å². The molecule has 5 nitrogen and oxygen atoms in total. The van der Waals surface area contributed by atoms with Crippen LogP contribution in [0.3, 0.4) is 0 Å². The van der Waals surface area contributed by atoms with E-state index in [0.29, 0.717) is 12.5 Å². The van der Waals surface area contributed by atoms with E-state index in [1.54, 1.807) is 0 Å². The molecule has 1 saturated carbocycles. The van der Waals surface area contributed by atoms with Gasteiger partial charge in [0.05, 0.1) is 6.20 Å². The fraction of sp³-hybridized carbons (Fsp3) is 0.583. The van der Waals surface area contributed by atoms with Gasteiger partial charge in [-0.3, -0.25) is 4.98 Å². The van der Waals surface area contributed by atoms with Crippen molar-refractivity contribution < 1.29 is 12.8 Å². The first-order chi connectivity index (χ1) is 8.97. The topological polar surface area (TPSA) is 85.1 Å². The number of nitrogens with zero attached hydrogens (tertiary/aromatic N) is 1. The van der Waals surface area contributed by atoms with Crippen molar-refractivity contribution in [3.05, 3.63) is 24.3 Å². The minimum absolute atomic E-state index is 0.139. The standard InChI is InChI=1S/C12H18FN3O2S/c13-10-5-12(8-15-7-10)19(17,18)16-6-9-1-3-11(14)4-2-9/h5,7-9,11,16H,1-4,6,14H2. The van der Waals surface area contributed by atoms with Crippen LogP contribution < -0.4 is 10.5 Å². The lowest BCUT2D eigenvalue weighted by atomic mass is 9.87. The summed E-state index contributed by atoms with van der Waals surface area (Å²) in [5.74, 6) is -0.359. The number of nitrogens with two attached hydrogens (primary N) is 1. The van der Waals surface area contributed by atoms with Crippen molar-refractivity contribution in [3.63, 3.8) is 0 Å². The summed E-state index contributed by atoms with van der Waals surface area (Å²) in [5, 5.41) is 0. The number of pyridine rings is 1. The zero-order chi connectivity index (χ0) is 13.9. The van der Waals surface area contributed by atoms with Crippen LogP contribution in [0.25, 0.3) is 0 Å². The maximum absolute atomic E-state index is 13.0. The molecule has 1 heterocycles. The number of hydrogen-bond donors (Lipinski definition) is 2. The summed E-state index contributed by atoms with van der Waals surface area (Å²) in [5.41, 5.74) is 5.80. The number of hydrogen-bond acceptors (Lipinski definition) is 4. The minimum Gasteiger partial charge on any atom is -0.328 e. The van der Waals surface area contributed by atoms with Crippen LogP contribution in [-0.4, -0.2) is 26.0 Å². The summed E-state index contributed by atoms with van der Waals surface area (Å²) in [7, 11) is -3.68. The van der Waals surface area contributed by atoms with Crippen LogP contribution in [0.2, 0.25) is 0 Å². The van der Waals surface area contributed by atoms with Gasteiger partial charge in [0, 0.05) is 18.8 Å². The average Bonchev–Trinajstić information content (AvgIpc) is 2.38. The molecule has 106 valence electrons. The Bertz CT molecular complexity index is 528. The first-order valence-electron chi connectivity index (χ1n) is 6.33. The fourth-order valence-electron chi connectivity index (χ4n) is 2.24. The SMILES string of the molecule is NC1CCC(CNS(=O)(=O)c2cncc(F)c2)CC1. The molecule has 0 aromatic carbocycles. The fourth-order valence-corrected chi connectivity index (χ4v) is 3.33. The van der Waals surface area contributed by atoms with Gasteiger partial charge >= 0.3 is 0 Å². The van der Waals surface area contributed by atoms with Crippen LogP contribution >= 0.6 is 0 Å². The van der Waals surface area contributed by atoms with Gasteiger partial charge in [0.1, 0.15) is 10.7 Å². The van der Waals surface area contributed by atoms with Crippen LogP contribution in [0.4, 0.5) is 4.39 Å². The third kappa shape index (κ3) is 3.95. The maximum Gasteiger partial charge on any atom is 0.242 e. The van der Waals surface area contributed by atoms with E-state index in [-0.39, 0.29) is 10.9 Å². The van der Waals surface area contributed by atoms with E-state index >= 15 is 0 Å². The molecular weight excluding hydrogens is 269 g/mol. The van der Waals surface area contributed by atoms with Crippen LogP contribution in [-0.2, 0) is 10.0 Å². The highest BCUT2D eigenvalue weighted by Gasteiger charge is 2.21. The Morgan fingerprint density at radius 2 is 2.00 bits per heavy atom. The molecule has 7 heteroatoms. The molecule has 0 aliphatic heterocycles. The smallest absolute Gasteiger partial charge is 0.242 e. The van der Waals surface area contributed by atoms with Gasteiger partial charge in [0.15, 0.2) is 0 Å². The predicted octanol–water partition coefficient (Wildman–Crippen LogP) is 1.02. The van der Waals surface area contributed by atoms with Crippen molar-refractivity contribution in [2.24, 2.45) is 11.7 Å². The van der Waals surface area contributed by atoms with E-state index in [0.717, 1.165) is 44.1 Å². The van der Waals surface area contributed by atoms with Crippen molar-refractivity contribution in [1.82, 2.24) is 9.71 Å². The molecule has 0 bridgehead atoms. The molecule has 0 spiro atoms. The third-order valence-electron chi connectivity index (χ3n) is 3.44. The largest absolute Gasteiger partial charge is 0.328 e. The van der Waals surface area contributed by atoms with Gasteiger partial charge in [-0.05, 0) is 37.7 Å². The minimum atomic E-state index is -3.68. The van der Waals surface area contributed by atoms with Gasteiger partial charge in [0.25, 0.3) is 0 Å². The molecule has 1 aromatic heterocycles. The zero-order valence-electron chi connectivity index (χ0n) is 10.5. The Kier molecular flexibility index (Phi) is 4.49. The third-order valence-corrected chi connectivity index (χ3v) is 4.83. The summed E-state index contributed by atoms with van der Waals surface area (Å²) in [6.07, 6.45) is 5.81. The summed E-state index contributed by atoms with van der Waals surface area (Å²) in [6.45, 7) is 0.367. The van der Waals surface area contributed by atoms with Crippen molar-refractivity contribution >= 4 is 10.0 Å². The van der Waals surface area contributed by atoms with E-state index in [9.17, 15) is 12.8 Å². The lowest BCUT2D eigenvalue weighted by molar-refractivity contribution is 0.326. The predicted molar refractivity (Wildman–Crippen MR) is 69.3 cm³/mol. The Morgan fingerprint density at radius 1 is 1.32 bits per heavy atom. The summed E-state index contributed by atoms with van der Waals surface area (Å²) >= 11 is 0. The molecule has 0 radical (unpaired) electrons. The van der Waals surface area contributed by atoms with Crippen LogP contribution in [0.5, 0.6) is 0 Å². The van der Waals surface area contributed by atoms with E-state index < -0.39 is 15.8 Å². The Morgan fingerprint density at radius 3 is 2.63 bits per heavy atom. The van der Waals surface area contributed by atoms with Gasteiger partial charge in [-0.15, -0.1) is 0 Å². The van der Waals surface area contributed by atoms with Gasteiger partial charge < -0.3 is 5.73 Å². The highest BCUT2D eigenvalue weighted by atomic mass is 32.2. The molecule has 0 amide bonds. The molecule has 1 aliphatic carbocycles. The van der Waals surface area contributed by atoms with Gasteiger partial charge in [-0.25, -0.2) is 17.5 Å². The first kappa shape index (κ1) is 14.4. The van der Waals surface area contributed by atoms with Crippen molar-refractivity contribution in [2.75, 3.05) is 6.54 Å². The second-order valence-corrected chi connectivity index (χ2v) is 6.74. The number of sulfonamides is 1. The van der Waals surface area contributed by atoms with Crippen LogP contribution in [0.1, 0.15) is 25.7 Å². The molecule has 0 saturated heterocycles. The van der Waals surface area contributed by atoms with Crippen LogP contribution in [0, 0.1) is 11.7 Å². The summed E-state index contributed by atoms with van der Waals surface area (Å²) in [4.78, 5) is 3.41. The molecule has 1 aliphatic rings. The van der Waals surface area contributed by atoms with Crippen molar-refractivity contribution in [3.8, 4) is 0 Å². The zero-order valence-corrected chi connectivity index (χ0v) is 11.4. The quantitative estimate of drug-likeness (QED) is 0.865. The number of nitrogens with one attached hydrogen (secondary N) is 1. The molecule has 1 aromatic rings. The maximum atomic E-state index is 13.0. The molecule has 1 fully saturated rings. The van der Waals surface area contributed by atoms with E-state index in [1.807, 2.05) is 0 Å². The first-order valence-corrected chi connectivity index (χ1v) is 7.81. The van der Waals surface area contributed by atoms with Gasteiger partial charge in [0.2, 0.25) is 10.0 Å². The monoisotopic (exact) mass is 287 g/mol. The van der Waals surface area contributed by atoms with Crippen LogP contribution in [0.15, 0.2) is 23.4 Å². The van der Waals surface area contributed by atoms with E-state index in [2.05, 4.69) is 9.71 Å². The molecule has 3 N–H and O–H groups in total. The van der Waals surface area contributed by atoms with Gasteiger partial charge in [-0.2, -0.15) is 0 Å². The lowest BCUT2D eigenvalue weighted by Gasteiger charge is -2.26. The summed E-state index contributed by atoms with van der Waals surface area (Å²) < 4.78 is 39.4. The molecular formula is C12H18FN3O2S. The normalized spacial score (nSPS) is 24.3. The lowest BCUT2D eigenvalue weighted by Crippen LogP contribution is -2.34. The Hall–Kier alpha value is -1.05. The molecule has 19 heavy (non-hydrogen) atoms. The average molecular weight is 287 g/mol. The van der Waals surface area contributed by atoms with Crippen molar-refractivity contribution in [1.29, 1.82) is 0 Å². The number of halogens is 1. The van der Waals surface area contributed by atoms with Crippen molar-refractivity contribution in [2.45, 2.75) is 36.6 Å².